The number of nitrogens with two attached hydrogens (primary N) is 2. The zero-order chi connectivity index (χ0) is 19.0. The number of imidazole rings is 1. The third kappa shape index (κ3) is 3.00. The number of carbonyl (C=O) groups excluding carboxylic acids is 1. The van der Waals surface area contributed by atoms with Crippen molar-refractivity contribution in [1.82, 2.24) is 9.38 Å². The molecule has 8 nitrogen and oxygen atoms in total. The Morgan fingerprint density at radius 1 is 1.19 bits per heavy atom. The Kier molecular flexibility index (Phi) is 4.17. The van der Waals surface area contributed by atoms with Crippen molar-refractivity contribution in [3.8, 4) is 11.3 Å². The predicted octanol–water partition coefficient (Wildman–Crippen LogP) is 1.57. The molecule has 0 saturated heterocycles. The van der Waals surface area contributed by atoms with Gasteiger partial charge in [-0.05, 0) is 36.8 Å². The zero-order valence-corrected chi connectivity index (χ0v) is 13.9. The number of carboxylic acids is 1. The van der Waals surface area contributed by atoms with Gasteiger partial charge < -0.3 is 21.0 Å². The van der Waals surface area contributed by atoms with Crippen LogP contribution in [0.1, 0.15) is 34.3 Å². The minimum atomic E-state index is -1.02. The molecular weight excluding hydrogens is 334 g/mol. The van der Waals surface area contributed by atoms with E-state index in [1.807, 2.05) is 0 Å². The van der Waals surface area contributed by atoms with E-state index in [9.17, 15) is 14.7 Å². The number of nitrogens with zero attached hydrogens (tertiary/aromatic N) is 2. The first kappa shape index (κ1) is 17.2. The monoisotopic (exact) mass is 351 g/mol. The summed E-state index contributed by atoms with van der Waals surface area (Å²) in [6, 6.07) is 8.03. The van der Waals surface area contributed by atoms with E-state index in [0.29, 0.717) is 28.0 Å². The third-order valence-corrected chi connectivity index (χ3v) is 4.22. The third-order valence-electron chi connectivity index (χ3n) is 4.22. The van der Waals surface area contributed by atoms with Gasteiger partial charge >= 0.3 is 5.97 Å². The number of carbonyl (C=O) groups is 2. The van der Waals surface area contributed by atoms with Gasteiger partial charge in [-0.25, -0.2) is 4.98 Å². The van der Waals surface area contributed by atoms with Gasteiger partial charge in [0.15, 0.2) is 0 Å². The first-order chi connectivity index (χ1) is 12.3. The van der Waals surface area contributed by atoms with E-state index < -0.39 is 17.8 Å². The first-order valence-electron chi connectivity index (χ1n) is 7.78. The number of fused-ring (bicyclic) bond motifs is 1. The van der Waals surface area contributed by atoms with Gasteiger partial charge in [-0.2, -0.15) is 0 Å². The summed E-state index contributed by atoms with van der Waals surface area (Å²) < 4.78 is 1.75. The number of nitrogen functional groups attached to an aromatic ring is 1. The molecule has 8 heteroatoms. The fraction of sp³-hybridized carbons (Fsp3) is 0.111. The SMILES string of the molecule is CC(C(=O)O)c1cc(C(N)=O)ccc1-c1cn2ccc(C(=N)N)cc2n1. The van der Waals surface area contributed by atoms with Gasteiger partial charge in [0.05, 0.1) is 11.6 Å². The van der Waals surface area contributed by atoms with Gasteiger partial charge in [0.2, 0.25) is 5.91 Å². The lowest BCUT2D eigenvalue weighted by atomic mass is 9.92. The zero-order valence-electron chi connectivity index (χ0n) is 13.9. The summed E-state index contributed by atoms with van der Waals surface area (Å²) in [6.07, 6.45) is 3.47. The smallest absolute Gasteiger partial charge is 0.310 e. The molecule has 0 aliphatic rings. The molecule has 0 radical (unpaired) electrons. The molecule has 1 amide bonds. The number of primary amides is 1. The van der Waals surface area contributed by atoms with Gasteiger partial charge in [0, 0.05) is 29.1 Å². The van der Waals surface area contributed by atoms with Crippen molar-refractivity contribution < 1.29 is 14.7 Å². The summed E-state index contributed by atoms with van der Waals surface area (Å²) in [7, 11) is 0. The first-order valence-corrected chi connectivity index (χ1v) is 7.78. The molecule has 0 aliphatic heterocycles. The number of amidine groups is 1. The number of hydrogen-bond acceptors (Lipinski definition) is 4. The molecule has 26 heavy (non-hydrogen) atoms. The van der Waals surface area contributed by atoms with Gasteiger partial charge in [0.25, 0.3) is 0 Å². The highest BCUT2D eigenvalue weighted by atomic mass is 16.4. The topological polar surface area (TPSA) is 148 Å². The Labute approximate surface area is 148 Å². The van der Waals surface area contributed by atoms with Crippen LogP contribution in [0.25, 0.3) is 16.9 Å². The summed E-state index contributed by atoms with van der Waals surface area (Å²) in [4.78, 5) is 27.4. The number of nitrogens with one attached hydrogen (secondary N) is 1. The molecule has 0 saturated carbocycles. The second kappa shape index (κ2) is 6.32. The van der Waals surface area contributed by atoms with Crippen molar-refractivity contribution in [2.75, 3.05) is 0 Å². The minimum Gasteiger partial charge on any atom is -0.481 e. The predicted molar refractivity (Wildman–Crippen MR) is 96.2 cm³/mol. The molecule has 1 aromatic carbocycles. The number of aliphatic carboxylic acids is 1. The highest BCUT2D eigenvalue weighted by Gasteiger charge is 2.21. The average Bonchev–Trinajstić information content (AvgIpc) is 3.03. The summed E-state index contributed by atoms with van der Waals surface area (Å²) in [5, 5.41) is 16.9. The van der Waals surface area contributed by atoms with Crippen molar-refractivity contribution in [3.63, 3.8) is 0 Å². The highest BCUT2D eigenvalue weighted by Crippen LogP contribution is 2.30. The van der Waals surface area contributed by atoms with E-state index in [0.717, 1.165) is 0 Å². The van der Waals surface area contributed by atoms with Crippen LogP contribution in [0, 0.1) is 5.41 Å². The van der Waals surface area contributed by atoms with Crippen LogP contribution >= 0.6 is 0 Å². The van der Waals surface area contributed by atoms with E-state index in [2.05, 4.69) is 4.98 Å². The Balaban J connectivity index is 2.19. The molecule has 1 unspecified atom stereocenters. The van der Waals surface area contributed by atoms with Crippen LogP contribution in [-0.4, -0.2) is 32.2 Å². The molecule has 3 rings (SSSR count). The molecule has 0 fully saturated rings. The lowest BCUT2D eigenvalue weighted by Gasteiger charge is -2.13. The summed E-state index contributed by atoms with van der Waals surface area (Å²) >= 11 is 0. The van der Waals surface area contributed by atoms with Crippen LogP contribution in [0.15, 0.2) is 42.7 Å². The van der Waals surface area contributed by atoms with Gasteiger partial charge in [-0.1, -0.05) is 6.07 Å². The maximum absolute atomic E-state index is 11.5. The Morgan fingerprint density at radius 2 is 1.92 bits per heavy atom. The molecule has 0 bridgehead atoms. The molecule has 3 aromatic rings. The highest BCUT2D eigenvalue weighted by molar-refractivity contribution is 5.96. The van der Waals surface area contributed by atoms with E-state index in [1.54, 1.807) is 41.1 Å². The number of carboxylic acid groups (broad SMARTS) is 1. The Hall–Kier alpha value is -3.68. The number of amides is 1. The molecule has 2 heterocycles. The number of benzene rings is 1. The fourth-order valence-electron chi connectivity index (χ4n) is 2.72. The van der Waals surface area contributed by atoms with E-state index >= 15 is 0 Å². The van der Waals surface area contributed by atoms with Gasteiger partial charge in [0.1, 0.15) is 11.5 Å². The van der Waals surface area contributed by atoms with Crippen molar-refractivity contribution >= 4 is 23.4 Å². The lowest BCUT2D eigenvalue weighted by Crippen LogP contribution is -2.14. The van der Waals surface area contributed by atoms with E-state index in [-0.39, 0.29) is 11.4 Å². The van der Waals surface area contributed by atoms with Crippen LogP contribution in [0.4, 0.5) is 0 Å². The summed E-state index contributed by atoms with van der Waals surface area (Å²) in [5.74, 6) is -2.56. The van der Waals surface area contributed by atoms with Crippen molar-refractivity contribution in [1.29, 1.82) is 5.41 Å². The van der Waals surface area contributed by atoms with Crippen LogP contribution in [0.2, 0.25) is 0 Å². The Morgan fingerprint density at radius 3 is 2.54 bits per heavy atom. The minimum absolute atomic E-state index is 0.0666. The van der Waals surface area contributed by atoms with Crippen LogP contribution in [-0.2, 0) is 4.79 Å². The normalized spacial score (nSPS) is 12.0. The molecule has 2 aromatic heterocycles. The largest absolute Gasteiger partial charge is 0.481 e. The second-order valence-electron chi connectivity index (χ2n) is 5.95. The lowest BCUT2D eigenvalue weighted by molar-refractivity contribution is -0.138. The van der Waals surface area contributed by atoms with Gasteiger partial charge in [-0.3, -0.25) is 15.0 Å². The number of rotatable bonds is 5. The molecular formula is C18H17N5O3. The molecule has 0 spiro atoms. The van der Waals surface area contributed by atoms with Gasteiger partial charge in [-0.15, -0.1) is 0 Å². The summed E-state index contributed by atoms with van der Waals surface area (Å²) in [6.45, 7) is 1.54. The number of pyridine rings is 1. The molecule has 0 aliphatic carbocycles. The quantitative estimate of drug-likeness (QED) is 0.407. The number of aromatic nitrogens is 2. The molecule has 1 atom stereocenters. The maximum atomic E-state index is 11.5. The summed E-state index contributed by atoms with van der Waals surface area (Å²) in [5.41, 5.74) is 13.8. The second-order valence-corrected chi connectivity index (χ2v) is 5.95. The average molecular weight is 351 g/mol. The van der Waals surface area contributed by atoms with Crippen LogP contribution in [0.5, 0.6) is 0 Å². The van der Waals surface area contributed by atoms with Crippen molar-refractivity contribution in [3.05, 3.63) is 59.4 Å². The van der Waals surface area contributed by atoms with Crippen LogP contribution in [0.3, 0.4) is 0 Å². The Bertz CT molecular complexity index is 1050. The van der Waals surface area contributed by atoms with E-state index in [4.69, 9.17) is 16.9 Å². The van der Waals surface area contributed by atoms with Crippen molar-refractivity contribution in [2.45, 2.75) is 12.8 Å². The molecule has 132 valence electrons. The van der Waals surface area contributed by atoms with Crippen LogP contribution < -0.4 is 11.5 Å². The molecule has 6 N–H and O–H groups in total. The standard InChI is InChI=1S/C18H17N5O3/c1-9(18(25)26)13-6-11(17(21)24)2-3-12(13)14-8-23-5-4-10(16(19)20)7-15(23)22-14/h2-9H,1H3,(H3,19,20)(H2,21,24)(H,25,26). The van der Waals surface area contributed by atoms with Crippen molar-refractivity contribution in [2.24, 2.45) is 11.5 Å². The number of hydrogen-bond donors (Lipinski definition) is 4. The fourth-order valence-corrected chi connectivity index (χ4v) is 2.72. The van der Waals surface area contributed by atoms with E-state index in [1.165, 1.54) is 13.0 Å². The maximum Gasteiger partial charge on any atom is 0.310 e.